The van der Waals surface area contributed by atoms with Gasteiger partial charge in [0.2, 0.25) is 0 Å². The maximum atomic E-state index is 2.56. The lowest BCUT2D eigenvalue weighted by molar-refractivity contribution is 0.770. The first kappa shape index (κ1) is 32.0. The molecule has 0 nitrogen and oxygen atoms in total. The molecule has 1 aliphatic carbocycles. The highest BCUT2D eigenvalue weighted by Gasteiger charge is 2.47. The van der Waals surface area contributed by atoms with Crippen LogP contribution in [0.15, 0.2) is 218 Å². The zero-order valence-electron chi connectivity index (χ0n) is 31.3. The van der Waals surface area contributed by atoms with Crippen molar-refractivity contribution in [3.63, 3.8) is 0 Å². The Morgan fingerprint density at radius 3 is 1.53 bits per heavy atom. The number of benzene rings is 11. The van der Waals surface area contributed by atoms with Crippen LogP contribution in [-0.4, -0.2) is 0 Å². The highest BCUT2D eigenvalue weighted by molar-refractivity contribution is 6.21. The molecule has 0 bridgehead atoms. The lowest BCUT2D eigenvalue weighted by atomic mass is 9.67. The van der Waals surface area contributed by atoms with E-state index < -0.39 is 5.41 Å². The van der Waals surface area contributed by atoms with Crippen LogP contribution in [0.4, 0.5) is 0 Å². The van der Waals surface area contributed by atoms with E-state index in [1.165, 1.54) is 109 Å². The molecule has 11 aromatic carbocycles. The first-order valence-electron chi connectivity index (χ1n) is 19.9. The second kappa shape index (κ2) is 12.4. The van der Waals surface area contributed by atoms with Crippen molar-refractivity contribution in [2.75, 3.05) is 0 Å². The van der Waals surface area contributed by atoms with Gasteiger partial charge < -0.3 is 0 Å². The summed E-state index contributed by atoms with van der Waals surface area (Å²) in [5.74, 6) is 0. The van der Waals surface area contributed by atoms with Crippen molar-refractivity contribution in [3.8, 4) is 33.4 Å². The van der Waals surface area contributed by atoms with Gasteiger partial charge in [-0.3, -0.25) is 0 Å². The summed E-state index contributed by atoms with van der Waals surface area (Å²) in [7, 11) is 0. The van der Waals surface area contributed by atoms with Gasteiger partial charge in [-0.25, -0.2) is 0 Å². The predicted molar refractivity (Wildman–Crippen MR) is 242 cm³/mol. The smallest absolute Gasteiger partial charge is 0.0622 e. The molecular formula is C57H36. The van der Waals surface area contributed by atoms with Crippen LogP contribution in [0.25, 0.3) is 87.2 Å². The molecule has 57 heavy (non-hydrogen) atoms. The average molecular weight is 721 g/mol. The maximum absolute atomic E-state index is 2.56. The van der Waals surface area contributed by atoms with Crippen molar-refractivity contribution in [1.82, 2.24) is 0 Å². The third-order valence-electron chi connectivity index (χ3n) is 12.7. The molecule has 264 valence electrons. The number of hydrogen-bond acceptors (Lipinski definition) is 0. The molecule has 11 aromatic rings. The molecule has 0 saturated carbocycles. The number of fused-ring (bicyclic) bond motifs is 9. The molecule has 1 aliphatic rings. The van der Waals surface area contributed by atoms with Crippen LogP contribution in [0.3, 0.4) is 0 Å². The molecule has 0 spiro atoms. The minimum Gasteiger partial charge on any atom is -0.0622 e. The highest BCUT2D eigenvalue weighted by Crippen LogP contribution is 2.60. The molecule has 0 amide bonds. The lowest BCUT2D eigenvalue weighted by Crippen LogP contribution is -2.28. The Balaban J connectivity index is 1.32. The minimum atomic E-state index is -0.584. The fraction of sp³-hybridized carbons (Fsp3) is 0.0175. The summed E-state index contributed by atoms with van der Waals surface area (Å²) in [4.78, 5) is 0. The second-order valence-electron chi connectivity index (χ2n) is 15.6. The third-order valence-corrected chi connectivity index (χ3v) is 12.7. The zero-order chi connectivity index (χ0) is 37.5. The van der Waals surface area contributed by atoms with Gasteiger partial charge in [0.1, 0.15) is 0 Å². The van der Waals surface area contributed by atoms with Gasteiger partial charge >= 0.3 is 0 Å². The van der Waals surface area contributed by atoms with Gasteiger partial charge in [-0.05, 0) is 140 Å². The quantitative estimate of drug-likeness (QED) is 0.125. The normalized spacial score (nSPS) is 13.1. The topological polar surface area (TPSA) is 0 Å². The van der Waals surface area contributed by atoms with E-state index in [4.69, 9.17) is 0 Å². The van der Waals surface area contributed by atoms with E-state index >= 15 is 0 Å². The largest absolute Gasteiger partial charge is 0.0714 e. The van der Waals surface area contributed by atoms with Crippen molar-refractivity contribution in [3.05, 3.63) is 241 Å². The van der Waals surface area contributed by atoms with E-state index in [0.717, 1.165) is 0 Å². The van der Waals surface area contributed by atoms with Crippen molar-refractivity contribution in [2.24, 2.45) is 0 Å². The monoisotopic (exact) mass is 720 g/mol. The maximum Gasteiger partial charge on any atom is 0.0714 e. The molecule has 0 heteroatoms. The van der Waals surface area contributed by atoms with Crippen LogP contribution in [0.1, 0.15) is 22.3 Å². The summed E-state index contributed by atoms with van der Waals surface area (Å²) >= 11 is 0. The van der Waals surface area contributed by atoms with Gasteiger partial charge in [-0.2, -0.15) is 0 Å². The van der Waals surface area contributed by atoms with Gasteiger partial charge in [0, 0.05) is 0 Å². The summed E-state index contributed by atoms with van der Waals surface area (Å²) in [5.41, 5.74) is 12.2. The minimum absolute atomic E-state index is 0.584. The molecule has 0 saturated heterocycles. The van der Waals surface area contributed by atoms with E-state index in [1.807, 2.05) is 0 Å². The summed E-state index contributed by atoms with van der Waals surface area (Å²) in [6.45, 7) is 0. The van der Waals surface area contributed by atoms with Gasteiger partial charge in [-0.1, -0.05) is 188 Å². The molecule has 0 fully saturated rings. The first-order chi connectivity index (χ1) is 28.3. The lowest BCUT2D eigenvalue weighted by Gasteiger charge is -2.34. The van der Waals surface area contributed by atoms with Crippen LogP contribution in [0.5, 0.6) is 0 Å². The molecule has 0 aromatic heterocycles. The van der Waals surface area contributed by atoms with Crippen molar-refractivity contribution < 1.29 is 0 Å². The van der Waals surface area contributed by atoms with Crippen molar-refractivity contribution >= 4 is 53.9 Å². The average Bonchev–Trinajstić information content (AvgIpc) is 3.57. The Kier molecular flexibility index (Phi) is 6.94. The fourth-order valence-electron chi connectivity index (χ4n) is 10.2. The van der Waals surface area contributed by atoms with Gasteiger partial charge in [0.05, 0.1) is 5.41 Å². The summed E-state index contributed by atoms with van der Waals surface area (Å²) in [6, 6.07) is 81.8. The van der Waals surface area contributed by atoms with Crippen LogP contribution in [0.2, 0.25) is 0 Å². The van der Waals surface area contributed by atoms with E-state index in [9.17, 15) is 0 Å². The van der Waals surface area contributed by atoms with Crippen LogP contribution in [0, 0.1) is 0 Å². The predicted octanol–water partition coefficient (Wildman–Crippen LogP) is 15.1. The third kappa shape index (κ3) is 4.62. The van der Waals surface area contributed by atoms with Gasteiger partial charge in [0.25, 0.3) is 0 Å². The molecule has 0 radical (unpaired) electrons. The van der Waals surface area contributed by atoms with Gasteiger partial charge in [-0.15, -0.1) is 0 Å². The Morgan fingerprint density at radius 1 is 0.246 bits per heavy atom. The Morgan fingerprint density at radius 2 is 0.807 bits per heavy atom. The molecule has 0 atom stereocenters. The molecular weight excluding hydrogens is 685 g/mol. The van der Waals surface area contributed by atoms with E-state index in [0.29, 0.717) is 0 Å². The first-order valence-corrected chi connectivity index (χ1v) is 19.9. The molecule has 0 aliphatic heterocycles. The Labute approximate surface area is 331 Å². The summed E-state index contributed by atoms with van der Waals surface area (Å²) in [5, 5.41) is 12.6. The Hall–Kier alpha value is -7.28. The van der Waals surface area contributed by atoms with Crippen LogP contribution in [-0.2, 0) is 5.41 Å². The summed E-state index contributed by atoms with van der Waals surface area (Å²) in [6.07, 6.45) is 0. The zero-order valence-corrected chi connectivity index (χ0v) is 31.3. The molecule has 0 heterocycles. The SMILES string of the molecule is c1ccc(C2(c3ccccc3)c3cc4ccccc4cc3-c3c(-c4cccc5ccccc45)cc(-c4c5ccccc5cc5c4ccc4ccccc45)cc32)cc1. The number of rotatable bonds is 4. The van der Waals surface area contributed by atoms with Gasteiger partial charge in [0.15, 0.2) is 0 Å². The van der Waals surface area contributed by atoms with Crippen LogP contribution < -0.4 is 0 Å². The van der Waals surface area contributed by atoms with E-state index in [-0.39, 0.29) is 0 Å². The second-order valence-corrected chi connectivity index (χ2v) is 15.6. The molecule has 12 rings (SSSR count). The number of hydrogen-bond donors (Lipinski definition) is 0. The molecule has 0 unspecified atom stereocenters. The Bertz CT molecular complexity index is 3350. The van der Waals surface area contributed by atoms with E-state index in [2.05, 4.69) is 218 Å². The molecule has 0 N–H and O–H groups in total. The van der Waals surface area contributed by atoms with E-state index in [1.54, 1.807) is 0 Å². The highest BCUT2D eigenvalue weighted by atomic mass is 14.5. The van der Waals surface area contributed by atoms with Crippen molar-refractivity contribution in [1.29, 1.82) is 0 Å². The van der Waals surface area contributed by atoms with Crippen molar-refractivity contribution in [2.45, 2.75) is 5.41 Å². The van der Waals surface area contributed by atoms with Crippen LogP contribution >= 0.6 is 0 Å². The standard InChI is InChI=1S/C57H36/c1-3-22-43(23-4-1)57(44-24-5-2-6-25-44)53-35-40-19-8-7-18-39(40)32-52(53)56-51(48-29-15-21-37-16-9-12-26-45(37)48)34-42(36-54(56)57)55-47-28-14-11-20-41(47)33-50-46-27-13-10-17-38(46)30-31-49(50)55/h1-36H. The fourth-order valence-corrected chi connectivity index (χ4v) is 10.2. The summed E-state index contributed by atoms with van der Waals surface area (Å²) < 4.78 is 0.